The Morgan fingerprint density at radius 1 is 1.41 bits per heavy atom. The van der Waals surface area contributed by atoms with Crippen LogP contribution >= 0.6 is 15.9 Å². The van der Waals surface area contributed by atoms with Crippen LogP contribution in [0.4, 0.5) is 5.69 Å². The third-order valence-electron chi connectivity index (χ3n) is 3.74. The Labute approximate surface area is 112 Å². The first-order valence-corrected chi connectivity index (χ1v) is 7.17. The molecule has 0 radical (unpaired) electrons. The molecule has 0 heterocycles. The Bertz CT molecular complexity index is 363. The van der Waals surface area contributed by atoms with Gasteiger partial charge >= 0.3 is 0 Å². The minimum absolute atomic E-state index is 0.103. The van der Waals surface area contributed by atoms with Crippen LogP contribution in [-0.4, -0.2) is 12.1 Å². The molecule has 1 aromatic rings. The zero-order chi connectivity index (χ0) is 12.3. The number of halogens is 1. The van der Waals surface area contributed by atoms with Crippen molar-refractivity contribution in [3.05, 3.63) is 28.7 Å². The monoisotopic (exact) mass is 296 g/mol. The summed E-state index contributed by atoms with van der Waals surface area (Å²) in [5.41, 5.74) is 7.28. The van der Waals surface area contributed by atoms with E-state index in [1.165, 1.54) is 31.4 Å². The van der Waals surface area contributed by atoms with Crippen molar-refractivity contribution < 1.29 is 0 Å². The van der Waals surface area contributed by atoms with Gasteiger partial charge in [-0.2, -0.15) is 0 Å². The molecule has 94 valence electrons. The zero-order valence-corrected chi connectivity index (χ0v) is 12.0. The fraction of sp³-hybridized carbons (Fsp3) is 0.571. The second kappa shape index (κ2) is 5.40. The summed E-state index contributed by atoms with van der Waals surface area (Å²) in [6.45, 7) is 3.04. The first kappa shape index (κ1) is 12.9. The van der Waals surface area contributed by atoms with Crippen LogP contribution in [0, 0.1) is 5.92 Å². The highest BCUT2D eigenvalue weighted by Gasteiger charge is 2.33. The van der Waals surface area contributed by atoms with Crippen LogP contribution in [0.5, 0.6) is 0 Å². The predicted molar refractivity (Wildman–Crippen MR) is 77.2 cm³/mol. The van der Waals surface area contributed by atoms with Crippen LogP contribution in [0.3, 0.4) is 0 Å². The highest BCUT2D eigenvalue weighted by molar-refractivity contribution is 9.10. The van der Waals surface area contributed by atoms with Crippen molar-refractivity contribution in [2.45, 2.75) is 38.1 Å². The average molecular weight is 297 g/mol. The van der Waals surface area contributed by atoms with Crippen molar-refractivity contribution in [3.63, 3.8) is 0 Å². The van der Waals surface area contributed by atoms with Gasteiger partial charge in [0.05, 0.1) is 0 Å². The molecule has 0 aliphatic heterocycles. The van der Waals surface area contributed by atoms with E-state index in [0.717, 1.165) is 10.4 Å². The lowest BCUT2D eigenvalue weighted by molar-refractivity contribution is 0.264. The van der Waals surface area contributed by atoms with Crippen molar-refractivity contribution in [1.29, 1.82) is 0 Å². The van der Waals surface area contributed by atoms with E-state index in [1.54, 1.807) is 0 Å². The Balaban J connectivity index is 2.10. The maximum atomic E-state index is 6.01. The van der Waals surface area contributed by atoms with Crippen LogP contribution in [0.2, 0.25) is 0 Å². The molecule has 0 aromatic heterocycles. The van der Waals surface area contributed by atoms with Crippen molar-refractivity contribution in [2.24, 2.45) is 11.7 Å². The van der Waals surface area contributed by atoms with Gasteiger partial charge in [-0.25, -0.2) is 0 Å². The summed E-state index contributed by atoms with van der Waals surface area (Å²) in [7, 11) is 0. The number of nitrogens with one attached hydrogen (secondary N) is 1. The van der Waals surface area contributed by atoms with Crippen LogP contribution in [0.25, 0.3) is 0 Å². The molecule has 2 unspecified atom stereocenters. The topological polar surface area (TPSA) is 38.0 Å². The molecule has 1 fully saturated rings. The molecule has 2 nitrogen and oxygen atoms in total. The number of rotatable bonds is 3. The van der Waals surface area contributed by atoms with Crippen LogP contribution < -0.4 is 11.1 Å². The van der Waals surface area contributed by atoms with Crippen LogP contribution in [-0.2, 0) is 0 Å². The second-order valence-electron chi connectivity index (χ2n) is 5.32. The maximum Gasteiger partial charge on any atom is 0.0498 e. The van der Waals surface area contributed by atoms with Gasteiger partial charge in [-0.1, -0.05) is 35.7 Å². The van der Waals surface area contributed by atoms with Gasteiger partial charge in [-0.3, -0.25) is 0 Å². The smallest absolute Gasteiger partial charge is 0.0498 e. The lowest BCUT2D eigenvalue weighted by atomic mass is 9.76. The van der Waals surface area contributed by atoms with Gasteiger partial charge in [-0.05, 0) is 43.0 Å². The summed E-state index contributed by atoms with van der Waals surface area (Å²) < 4.78 is 1.11. The van der Waals surface area contributed by atoms with Gasteiger partial charge in [0.15, 0.2) is 0 Å². The summed E-state index contributed by atoms with van der Waals surface area (Å²) in [5.74, 6) is 0.773. The Morgan fingerprint density at radius 2 is 2.12 bits per heavy atom. The minimum Gasteiger partial charge on any atom is -0.378 e. The average Bonchev–Trinajstić information content (AvgIpc) is 2.32. The van der Waals surface area contributed by atoms with Gasteiger partial charge in [0.25, 0.3) is 0 Å². The van der Waals surface area contributed by atoms with Gasteiger partial charge in [-0.15, -0.1) is 0 Å². The number of benzene rings is 1. The molecule has 2 rings (SSSR count). The van der Waals surface area contributed by atoms with Crippen molar-refractivity contribution in [1.82, 2.24) is 0 Å². The number of hydrogen-bond acceptors (Lipinski definition) is 2. The van der Waals surface area contributed by atoms with Crippen LogP contribution in [0.1, 0.15) is 32.6 Å². The quantitative estimate of drug-likeness (QED) is 0.891. The summed E-state index contributed by atoms with van der Waals surface area (Å²) in [5, 5.41) is 3.66. The molecular weight excluding hydrogens is 276 g/mol. The lowest BCUT2D eigenvalue weighted by Crippen LogP contribution is -2.48. The fourth-order valence-corrected chi connectivity index (χ4v) is 3.11. The van der Waals surface area contributed by atoms with Crippen LogP contribution in [0.15, 0.2) is 28.7 Å². The molecule has 3 heteroatoms. The first-order chi connectivity index (χ1) is 8.13. The van der Waals surface area contributed by atoms with E-state index in [4.69, 9.17) is 5.73 Å². The molecule has 17 heavy (non-hydrogen) atoms. The van der Waals surface area contributed by atoms with E-state index in [9.17, 15) is 0 Å². The summed E-state index contributed by atoms with van der Waals surface area (Å²) in [6.07, 6.45) is 4.98. The zero-order valence-electron chi connectivity index (χ0n) is 10.4. The standard InChI is InChI=1S/C14H21BrN2/c1-11-3-2-8-14(9-11,10-16)17-13-6-4-12(15)5-7-13/h4-7,11,17H,2-3,8-10,16H2,1H3. The Hall–Kier alpha value is -0.540. The van der Waals surface area contributed by atoms with E-state index >= 15 is 0 Å². The van der Waals surface area contributed by atoms with E-state index in [-0.39, 0.29) is 5.54 Å². The third-order valence-corrected chi connectivity index (χ3v) is 4.26. The predicted octanol–water partition coefficient (Wildman–Crippen LogP) is 3.77. The molecule has 0 bridgehead atoms. The Kier molecular flexibility index (Phi) is 4.10. The highest BCUT2D eigenvalue weighted by Crippen LogP contribution is 2.34. The van der Waals surface area contributed by atoms with Gasteiger partial charge in [0.1, 0.15) is 0 Å². The van der Waals surface area contributed by atoms with Gasteiger partial charge < -0.3 is 11.1 Å². The number of anilines is 1. The second-order valence-corrected chi connectivity index (χ2v) is 6.23. The molecule has 2 atom stereocenters. The molecule has 1 saturated carbocycles. The maximum absolute atomic E-state index is 6.01. The van der Waals surface area contributed by atoms with Crippen molar-refractivity contribution in [2.75, 3.05) is 11.9 Å². The van der Waals surface area contributed by atoms with Crippen molar-refractivity contribution in [3.8, 4) is 0 Å². The number of nitrogens with two attached hydrogens (primary N) is 1. The first-order valence-electron chi connectivity index (χ1n) is 6.37. The molecule has 1 aliphatic carbocycles. The summed E-state index contributed by atoms with van der Waals surface area (Å²) >= 11 is 3.46. The van der Waals surface area contributed by atoms with E-state index in [2.05, 4.69) is 52.4 Å². The largest absolute Gasteiger partial charge is 0.378 e. The highest BCUT2D eigenvalue weighted by atomic mass is 79.9. The molecule has 1 aliphatic rings. The minimum atomic E-state index is 0.103. The van der Waals surface area contributed by atoms with E-state index in [0.29, 0.717) is 6.54 Å². The third kappa shape index (κ3) is 3.23. The van der Waals surface area contributed by atoms with E-state index < -0.39 is 0 Å². The van der Waals surface area contributed by atoms with Gasteiger partial charge in [0, 0.05) is 22.2 Å². The molecule has 1 aromatic carbocycles. The van der Waals surface area contributed by atoms with E-state index in [1.807, 2.05) is 0 Å². The fourth-order valence-electron chi connectivity index (χ4n) is 2.85. The molecular formula is C14H21BrN2. The summed E-state index contributed by atoms with van der Waals surface area (Å²) in [6, 6.07) is 8.36. The SMILES string of the molecule is CC1CCCC(CN)(Nc2ccc(Br)cc2)C1. The number of hydrogen-bond donors (Lipinski definition) is 2. The lowest BCUT2D eigenvalue weighted by Gasteiger charge is -2.40. The molecule has 3 N–H and O–H groups in total. The Morgan fingerprint density at radius 3 is 2.71 bits per heavy atom. The molecule has 0 amide bonds. The summed E-state index contributed by atoms with van der Waals surface area (Å²) in [4.78, 5) is 0. The van der Waals surface area contributed by atoms with Gasteiger partial charge in [0.2, 0.25) is 0 Å². The molecule has 0 spiro atoms. The van der Waals surface area contributed by atoms with Crippen molar-refractivity contribution >= 4 is 21.6 Å². The normalized spacial score (nSPS) is 29.0. The molecule has 0 saturated heterocycles.